The highest BCUT2D eigenvalue weighted by Crippen LogP contribution is 2.43. The van der Waals surface area contributed by atoms with Gasteiger partial charge < -0.3 is 20.1 Å². The van der Waals surface area contributed by atoms with E-state index in [4.69, 9.17) is 24.3 Å². The Morgan fingerprint density at radius 1 is 0.705 bits per heavy atom. The van der Waals surface area contributed by atoms with E-state index in [0.717, 1.165) is 70.6 Å². The molecule has 0 saturated carbocycles. The molecule has 0 bridgehead atoms. The van der Waals surface area contributed by atoms with Crippen LogP contribution in [0.25, 0.3) is 0 Å². The van der Waals surface area contributed by atoms with Crippen LogP contribution in [0.5, 0.6) is 0 Å². The molecule has 0 amide bonds. The number of rotatable bonds is 32. The molecule has 0 saturated heterocycles. The standard InChI is InChI=1S/C35H64NO7P/c1-3-5-7-9-11-12-13-14-15-16-17-18-19-20-21-23-25-27-30-40-32-34(33-42-44(38,39)41-31-29-36)43-35(37)28-26-24-22-10-8-6-4-2/h5,7,11-12,14-15,17-18,34H,3-4,6,8-10,13,16,19-33,36H2,1-2H3,(H,38,39)/b7-5-,12-11-,15-14-,18-17-. The molecule has 0 aliphatic carbocycles. The molecule has 8 nitrogen and oxygen atoms in total. The van der Waals surface area contributed by atoms with Gasteiger partial charge in [-0.3, -0.25) is 13.8 Å². The van der Waals surface area contributed by atoms with Crippen LogP contribution in [0.2, 0.25) is 0 Å². The predicted molar refractivity (Wildman–Crippen MR) is 182 cm³/mol. The number of esters is 1. The summed E-state index contributed by atoms with van der Waals surface area (Å²) in [4.78, 5) is 22.2. The van der Waals surface area contributed by atoms with Gasteiger partial charge in [0.2, 0.25) is 0 Å². The minimum absolute atomic E-state index is 0.0955. The molecule has 0 rings (SSSR count). The summed E-state index contributed by atoms with van der Waals surface area (Å²) in [6.45, 7) is 4.69. The minimum Gasteiger partial charge on any atom is -0.457 e. The zero-order chi connectivity index (χ0) is 32.4. The first kappa shape index (κ1) is 42.5. The number of phosphoric acid groups is 1. The van der Waals surface area contributed by atoms with Crippen molar-refractivity contribution >= 4 is 13.8 Å². The van der Waals surface area contributed by atoms with E-state index in [1.165, 1.54) is 38.5 Å². The molecule has 0 spiro atoms. The average Bonchev–Trinajstić information content (AvgIpc) is 3.01. The summed E-state index contributed by atoms with van der Waals surface area (Å²) in [6.07, 6.45) is 35.7. The lowest BCUT2D eigenvalue weighted by Gasteiger charge is -2.20. The molecule has 0 aromatic heterocycles. The van der Waals surface area contributed by atoms with E-state index < -0.39 is 13.9 Å². The van der Waals surface area contributed by atoms with Gasteiger partial charge in [-0.2, -0.15) is 0 Å². The first-order valence-electron chi connectivity index (χ1n) is 17.1. The molecule has 0 fully saturated rings. The van der Waals surface area contributed by atoms with Crippen molar-refractivity contribution in [3.8, 4) is 0 Å². The van der Waals surface area contributed by atoms with E-state index in [1.54, 1.807) is 0 Å². The second-order valence-corrected chi connectivity index (χ2v) is 12.5. The molecular weight excluding hydrogens is 577 g/mol. The second-order valence-electron chi connectivity index (χ2n) is 11.0. The van der Waals surface area contributed by atoms with Crippen molar-refractivity contribution in [3.63, 3.8) is 0 Å². The van der Waals surface area contributed by atoms with E-state index in [1.807, 2.05) is 0 Å². The average molecular weight is 642 g/mol. The molecule has 0 radical (unpaired) electrons. The molecule has 2 atom stereocenters. The minimum atomic E-state index is -4.27. The Morgan fingerprint density at radius 3 is 1.91 bits per heavy atom. The van der Waals surface area contributed by atoms with Gasteiger partial charge in [-0.05, 0) is 51.4 Å². The van der Waals surface area contributed by atoms with Crippen LogP contribution in [0.1, 0.15) is 129 Å². The maximum atomic E-state index is 12.4. The van der Waals surface area contributed by atoms with Gasteiger partial charge in [0, 0.05) is 19.6 Å². The van der Waals surface area contributed by atoms with Crippen LogP contribution in [0, 0.1) is 0 Å². The summed E-state index contributed by atoms with van der Waals surface area (Å²) in [5.41, 5.74) is 5.33. The van der Waals surface area contributed by atoms with Crippen molar-refractivity contribution < 1.29 is 32.8 Å². The van der Waals surface area contributed by atoms with E-state index in [2.05, 4.69) is 62.5 Å². The van der Waals surface area contributed by atoms with Crippen LogP contribution < -0.4 is 5.73 Å². The summed E-state index contributed by atoms with van der Waals surface area (Å²) in [5, 5.41) is 0. The zero-order valence-electron chi connectivity index (χ0n) is 27.9. The number of phosphoric ester groups is 1. The Balaban J connectivity index is 4.09. The fourth-order valence-corrected chi connectivity index (χ4v) is 5.04. The van der Waals surface area contributed by atoms with Crippen LogP contribution in [0.4, 0.5) is 0 Å². The Hall–Kier alpha value is -1.54. The van der Waals surface area contributed by atoms with E-state index >= 15 is 0 Å². The smallest absolute Gasteiger partial charge is 0.457 e. The van der Waals surface area contributed by atoms with Gasteiger partial charge in [0.25, 0.3) is 0 Å². The van der Waals surface area contributed by atoms with E-state index in [9.17, 15) is 14.3 Å². The number of ether oxygens (including phenoxy) is 2. The third kappa shape index (κ3) is 31.9. The first-order chi connectivity index (χ1) is 21.4. The predicted octanol–water partition coefficient (Wildman–Crippen LogP) is 9.29. The first-order valence-corrected chi connectivity index (χ1v) is 18.6. The number of hydrogen-bond donors (Lipinski definition) is 2. The van der Waals surface area contributed by atoms with Crippen LogP contribution in [0.15, 0.2) is 48.6 Å². The normalized spacial score (nSPS) is 14.4. The Bertz CT molecular complexity index is 813. The molecule has 2 unspecified atom stereocenters. The van der Waals surface area contributed by atoms with Crippen LogP contribution in [-0.2, 0) is 27.9 Å². The lowest BCUT2D eigenvalue weighted by Crippen LogP contribution is -2.28. The van der Waals surface area contributed by atoms with Crippen molar-refractivity contribution in [2.75, 3.05) is 33.0 Å². The molecule has 0 aliphatic heterocycles. The molecule has 44 heavy (non-hydrogen) atoms. The van der Waals surface area contributed by atoms with Crippen molar-refractivity contribution in [3.05, 3.63) is 48.6 Å². The maximum absolute atomic E-state index is 12.4. The van der Waals surface area contributed by atoms with Crippen LogP contribution >= 0.6 is 7.82 Å². The number of nitrogens with two attached hydrogens (primary N) is 1. The van der Waals surface area contributed by atoms with Gasteiger partial charge >= 0.3 is 13.8 Å². The van der Waals surface area contributed by atoms with Crippen LogP contribution in [0.3, 0.4) is 0 Å². The van der Waals surface area contributed by atoms with Gasteiger partial charge in [-0.25, -0.2) is 4.57 Å². The Labute approximate surface area is 269 Å². The summed E-state index contributed by atoms with van der Waals surface area (Å²) >= 11 is 0. The van der Waals surface area contributed by atoms with Gasteiger partial charge in [0.15, 0.2) is 0 Å². The Morgan fingerprint density at radius 2 is 1.27 bits per heavy atom. The van der Waals surface area contributed by atoms with Crippen molar-refractivity contribution in [1.29, 1.82) is 0 Å². The number of carbonyl (C=O) groups is 1. The SMILES string of the molecule is CC/C=C\C/C=C\C/C=C\C/C=C\CCCCCCCOCC(COP(=O)(O)OCCN)OC(=O)CCCCCCCCC. The van der Waals surface area contributed by atoms with E-state index in [-0.39, 0.29) is 32.3 Å². The summed E-state index contributed by atoms with van der Waals surface area (Å²) < 4.78 is 33.1. The largest absolute Gasteiger partial charge is 0.472 e. The number of unbranched alkanes of at least 4 members (excludes halogenated alkanes) is 11. The number of hydrogen-bond acceptors (Lipinski definition) is 7. The van der Waals surface area contributed by atoms with Gasteiger partial charge in [0.1, 0.15) is 6.10 Å². The summed E-state index contributed by atoms with van der Waals surface area (Å²) in [7, 11) is -4.27. The third-order valence-electron chi connectivity index (χ3n) is 6.76. The fourth-order valence-electron chi connectivity index (χ4n) is 4.28. The lowest BCUT2D eigenvalue weighted by atomic mass is 10.1. The second kappa shape index (κ2) is 32.8. The molecule has 9 heteroatoms. The van der Waals surface area contributed by atoms with Crippen molar-refractivity contribution in [2.45, 2.75) is 136 Å². The highest BCUT2D eigenvalue weighted by atomic mass is 31.2. The third-order valence-corrected chi connectivity index (χ3v) is 7.74. The maximum Gasteiger partial charge on any atom is 0.472 e. The van der Waals surface area contributed by atoms with Gasteiger partial charge in [-0.1, -0.05) is 120 Å². The molecule has 0 aliphatic rings. The topological polar surface area (TPSA) is 117 Å². The fraction of sp³-hybridized carbons (Fsp3) is 0.743. The highest BCUT2D eigenvalue weighted by molar-refractivity contribution is 7.47. The highest BCUT2D eigenvalue weighted by Gasteiger charge is 2.25. The van der Waals surface area contributed by atoms with Gasteiger partial charge in [-0.15, -0.1) is 0 Å². The van der Waals surface area contributed by atoms with Crippen molar-refractivity contribution in [2.24, 2.45) is 5.73 Å². The molecule has 256 valence electrons. The number of carbonyl (C=O) groups excluding carboxylic acids is 1. The molecule has 0 aromatic rings. The molecular formula is C35H64NO7P. The Kier molecular flexibility index (Phi) is 31.7. The quantitative estimate of drug-likeness (QED) is 0.0323. The number of allylic oxidation sites excluding steroid dienone is 8. The molecule has 0 aromatic carbocycles. The van der Waals surface area contributed by atoms with Gasteiger partial charge in [0.05, 0.1) is 19.8 Å². The monoisotopic (exact) mass is 641 g/mol. The van der Waals surface area contributed by atoms with Crippen molar-refractivity contribution in [1.82, 2.24) is 0 Å². The lowest BCUT2D eigenvalue weighted by molar-refractivity contribution is -0.154. The van der Waals surface area contributed by atoms with Crippen LogP contribution in [-0.4, -0.2) is 49.9 Å². The zero-order valence-corrected chi connectivity index (χ0v) is 28.8. The summed E-state index contributed by atoms with van der Waals surface area (Å²) in [6, 6.07) is 0. The van der Waals surface area contributed by atoms with E-state index in [0.29, 0.717) is 13.0 Å². The summed E-state index contributed by atoms with van der Waals surface area (Å²) in [5.74, 6) is -0.348. The molecule has 3 N–H and O–H groups in total. The molecule has 0 heterocycles.